The predicted molar refractivity (Wildman–Crippen MR) is 66.9 cm³/mol. The molecule has 1 fully saturated rings. The highest BCUT2D eigenvalue weighted by molar-refractivity contribution is 5.79. The molecule has 0 spiro atoms. The molecule has 1 atom stereocenters. The van der Waals surface area contributed by atoms with E-state index in [4.69, 9.17) is 5.73 Å². The van der Waals surface area contributed by atoms with E-state index in [1.54, 1.807) is 0 Å². The third-order valence-corrected chi connectivity index (χ3v) is 4.24. The second-order valence-electron chi connectivity index (χ2n) is 5.16. The van der Waals surface area contributed by atoms with E-state index in [0.717, 1.165) is 11.1 Å². The first-order chi connectivity index (χ1) is 7.90. The van der Waals surface area contributed by atoms with Crippen LogP contribution in [0.15, 0.2) is 12.1 Å². The first-order valence-electron chi connectivity index (χ1n) is 5.96. The van der Waals surface area contributed by atoms with Crippen molar-refractivity contribution in [1.82, 2.24) is 0 Å². The molecule has 17 heavy (non-hydrogen) atoms. The lowest BCUT2D eigenvalue weighted by Crippen LogP contribution is -2.30. The van der Waals surface area contributed by atoms with Crippen molar-refractivity contribution in [3.63, 3.8) is 0 Å². The standard InChI is InChI=1S/C14H19NO2/c1-8-4-5-11(10(3)9(8)2)12(15)14(6-7-14)13(16)17/h4-5,12H,6-7,15H2,1-3H3,(H,16,17). The highest BCUT2D eigenvalue weighted by atomic mass is 16.4. The molecule has 3 nitrogen and oxygen atoms in total. The van der Waals surface area contributed by atoms with Crippen LogP contribution in [0.25, 0.3) is 0 Å². The summed E-state index contributed by atoms with van der Waals surface area (Å²) in [6.45, 7) is 6.14. The third kappa shape index (κ3) is 1.75. The lowest BCUT2D eigenvalue weighted by Gasteiger charge is -2.23. The molecule has 0 saturated heterocycles. The van der Waals surface area contributed by atoms with Crippen molar-refractivity contribution < 1.29 is 9.90 Å². The molecule has 0 aromatic heterocycles. The number of hydrogen-bond acceptors (Lipinski definition) is 2. The van der Waals surface area contributed by atoms with Gasteiger partial charge in [-0.1, -0.05) is 12.1 Å². The molecule has 92 valence electrons. The minimum absolute atomic E-state index is 0.390. The number of carboxylic acids is 1. The van der Waals surface area contributed by atoms with Crippen LogP contribution in [-0.4, -0.2) is 11.1 Å². The Morgan fingerprint density at radius 2 is 1.88 bits per heavy atom. The zero-order valence-corrected chi connectivity index (χ0v) is 10.6. The number of aliphatic carboxylic acids is 1. The van der Waals surface area contributed by atoms with E-state index in [2.05, 4.69) is 13.8 Å². The Morgan fingerprint density at radius 3 is 2.35 bits per heavy atom. The average molecular weight is 233 g/mol. The topological polar surface area (TPSA) is 63.3 Å². The van der Waals surface area contributed by atoms with Gasteiger partial charge in [0.25, 0.3) is 0 Å². The smallest absolute Gasteiger partial charge is 0.311 e. The lowest BCUT2D eigenvalue weighted by atomic mass is 9.86. The van der Waals surface area contributed by atoms with Crippen LogP contribution in [0.1, 0.15) is 41.1 Å². The van der Waals surface area contributed by atoms with E-state index in [0.29, 0.717) is 12.8 Å². The van der Waals surface area contributed by atoms with Gasteiger partial charge in [0.15, 0.2) is 0 Å². The van der Waals surface area contributed by atoms with Crippen molar-refractivity contribution in [1.29, 1.82) is 0 Å². The van der Waals surface area contributed by atoms with Gasteiger partial charge in [-0.2, -0.15) is 0 Å². The number of benzene rings is 1. The lowest BCUT2D eigenvalue weighted by molar-refractivity contribution is -0.144. The minimum atomic E-state index is -0.761. The van der Waals surface area contributed by atoms with Crippen LogP contribution in [0.3, 0.4) is 0 Å². The van der Waals surface area contributed by atoms with Crippen LogP contribution in [0, 0.1) is 26.2 Å². The van der Waals surface area contributed by atoms with E-state index < -0.39 is 11.4 Å². The van der Waals surface area contributed by atoms with E-state index in [-0.39, 0.29) is 6.04 Å². The molecule has 1 aromatic carbocycles. The van der Waals surface area contributed by atoms with Crippen molar-refractivity contribution in [3.8, 4) is 0 Å². The van der Waals surface area contributed by atoms with Gasteiger partial charge in [-0.05, 0) is 55.9 Å². The van der Waals surface area contributed by atoms with Crippen molar-refractivity contribution in [2.75, 3.05) is 0 Å². The summed E-state index contributed by atoms with van der Waals surface area (Å²) in [6.07, 6.45) is 1.38. The van der Waals surface area contributed by atoms with Crippen LogP contribution in [0.4, 0.5) is 0 Å². The maximum Gasteiger partial charge on any atom is 0.311 e. The molecule has 3 heteroatoms. The van der Waals surface area contributed by atoms with Crippen LogP contribution >= 0.6 is 0 Å². The second-order valence-corrected chi connectivity index (χ2v) is 5.16. The van der Waals surface area contributed by atoms with Gasteiger partial charge in [-0.15, -0.1) is 0 Å². The van der Waals surface area contributed by atoms with E-state index >= 15 is 0 Å². The van der Waals surface area contributed by atoms with Crippen molar-refractivity contribution in [2.45, 2.75) is 39.7 Å². The van der Waals surface area contributed by atoms with Crippen molar-refractivity contribution >= 4 is 5.97 Å². The summed E-state index contributed by atoms with van der Waals surface area (Å²) >= 11 is 0. The Bertz CT molecular complexity index is 475. The number of aryl methyl sites for hydroxylation is 1. The maximum absolute atomic E-state index is 11.3. The summed E-state index contributed by atoms with van der Waals surface area (Å²) in [5.41, 5.74) is 10.00. The third-order valence-electron chi connectivity index (χ3n) is 4.24. The van der Waals surface area contributed by atoms with Gasteiger partial charge >= 0.3 is 5.97 Å². The SMILES string of the molecule is Cc1ccc(C(N)C2(C(=O)O)CC2)c(C)c1C. The van der Waals surface area contributed by atoms with E-state index in [1.807, 2.05) is 19.1 Å². The van der Waals surface area contributed by atoms with Crippen molar-refractivity contribution in [2.24, 2.45) is 11.1 Å². The summed E-state index contributed by atoms with van der Waals surface area (Å²) in [4.78, 5) is 11.3. The van der Waals surface area contributed by atoms with Gasteiger partial charge in [-0.25, -0.2) is 0 Å². The normalized spacial score (nSPS) is 18.8. The zero-order chi connectivity index (χ0) is 12.8. The minimum Gasteiger partial charge on any atom is -0.481 e. The Hall–Kier alpha value is -1.35. The summed E-state index contributed by atoms with van der Waals surface area (Å²) in [5, 5.41) is 9.27. The fraction of sp³-hybridized carbons (Fsp3) is 0.500. The largest absolute Gasteiger partial charge is 0.481 e. The Kier molecular flexibility index (Phi) is 2.74. The molecule has 0 amide bonds. The number of carbonyl (C=O) groups is 1. The average Bonchev–Trinajstić information content (AvgIpc) is 3.06. The summed E-state index contributed by atoms with van der Waals surface area (Å²) in [5.74, 6) is -0.761. The Balaban J connectivity index is 2.42. The van der Waals surface area contributed by atoms with Crippen LogP contribution in [0.2, 0.25) is 0 Å². The summed E-state index contributed by atoms with van der Waals surface area (Å²) in [7, 11) is 0. The number of rotatable bonds is 3. The second kappa shape index (κ2) is 3.84. The molecular weight excluding hydrogens is 214 g/mol. The molecular formula is C14H19NO2. The number of hydrogen-bond donors (Lipinski definition) is 2. The molecule has 1 unspecified atom stereocenters. The van der Waals surface area contributed by atoms with Gasteiger partial charge in [0.1, 0.15) is 0 Å². The molecule has 1 aliphatic carbocycles. The van der Waals surface area contributed by atoms with E-state index in [1.165, 1.54) is 11.1 Å². The van der Waals surface area contributed by atoms with Gasteiger partial charge in [-0.3, -0.25) is 4.79 Å². The van der Waals surface area contributed by atoms with Crippen LogP contribution in [0.5, 0.6) is 0 Å². The van der Waals surface area contributed by atoms with E-state index in [9.17, 15) is 9.90 Å². The predicted octanol–water partition coefficient (Wildman–Crippen LogP) is 2.48. The number of carboxylic acid groups (broad SMARTS) is 1. The molecule has 2 rings (SSSR count). The highest BCUT2D eigenvalue weighted by Crippen LogP contribution is 2.54. The zero-order valence-electron chi connectivity index (χ0n) is 10.6. The summed E-state index contributed by atoms with van der Waals surface area (Å²) in [6, 6.07) is 3.61. The summed E-state index contributed by atoms with van der Waals surface area (Å²) < 4.78 is 0. The van der Waals surface area contributed by atoms with Crippen molar-refractivity contribution in [3.05, 3.63) is 34.4 Å². The quantitative estimate of drug-likeness (QED) is 0.843. The molecule has 1 aromatic rings. The molecule has 0 radical (unpaired) electrons. The van der Waals surface area contributed by atoms with Gasteiger partial charge in [0.2, 0.25) is 0 Å². The maximum atomic E-state index is 11.3. The monoisotopic (exact) mass is 233 g/mol. The first-order valence-corrected chi connectivity index (χ1v) is 5.96. The molecule has 0 aliphatic heterocycles. The van der Waals surface area contributed by atoms with Gasteiger partial charge in [0, 0.05) is 6.04 Å². The highest BCUT2D eigenvalue weighted by Gasteiger charge is 2.55. The molecule has 0 bridgehead atoms. The first kappa shape index (κ1) is 12.1. The van der Waals surface area contributed by atoms with Crippen LogP contribution in [-0.2, 0) is 4.79 Å². The Labute approximate surface area is 102 Å². The number of nitrogens with two attached hydrogens (primary N) is 1. The van der Waals surface area contributed by atoms with Crippen LogP contribution < -0.4 is 5.73 Å². The molecule has 0 heterocycles. The fourth-order valence-electron chi connectivity index (χ4n) is 2.40. The molecule has 1 aliphatic rings. The fourth-order valence-corrected chi connectivity index (χ4v) is 2.40. The molecule has 1 saturated carbocycles. The van der Waals surface area contributed by atoms with Gasteiger partial charge < -0.3 is 10.8 Å². The Morgan fingerprint density at radius 1 is 1.29 bits per heavy atom. The molecule has 3 N–H and O–H groups in total. The van der Waals surface area contributed by atoms with Gasteiger partial charge in [0.05, 0.1) is 5.41 Å².